The Morgan fingerprint density at radius 1 is 0.350 bits per heavy atom. The molecule has 0 aliphatic rings. The molecular formula is C38H4O2. The SMILES string of the molecule is C#CC#CC#CC#CC#CC#CC#CC#CC#CC(C#CC#CC#CC#CC#CC#CC#CC#CC#C)OC=O. The Hall–Kier alpha value is -8.45. The highest BCUT2D eigenvalue weighted by Crippen LogP contribution is 1.83. The maximum absolute atomic E-state index is 10.6. The molecule has 0 radical (unpaired) electrons. The van der Waals surface area contributed by atoms with Gasteiger partial charge in [0.25, 0.3) is 6.47 Å². The van der Waals surface area contributed by atoms with Crippen molar-refractivity contribution in [2.75, 3.05) is 0 Å². The Bertz CT molecular complexity index is 2000. The predicted molar refractivity (Wildman–Crippen MR) is 153 cm³/mol. The van der Waals surface area contributed by atoms with E-state index in [1.165, 1.54) is 0 Å². The zero-order chi connectivity index (χ0) is 29.0. The Morgan fingerprint density at radius 3 is 0.750 bits per heavy atom. The van der Waals surface area contributed by atoms with Gasteiger partial charge in [-0.15, -0.1) is 12.8 Å². The first kappa shape index (κ1) is 31.6. The van der Waals surface area contributed by atoms with Gasteiger partial charge >= 0.3 is 0 Å². The van der Waals surface area contributed by atoms with E-state index in [9.17, 15) is 4.79 Å². The van der Waals surface area contributed by atoms with E-state index >= 15 is 0 Å². The molecule has 0 unspecified atom stereocenters. The molecule has 0 bridgehead atoms. The van der Waals surface area contributed by atoms with Crippen molar-refractivity contribution >= 4 is 6.47 Å². The van der Waals surface area contributed by atoms with Crippen LogP contribution in [0.15, 0.2) is 0 Å². The number of carbonyl (C=O) groups excluding carboxylic acids is 1. The molecule has 168 valence electrons. The van der Waals surface area contributed by atoms with E-state index in [-0.39, 0.29) is 6.47 Å². The van der Waals surface area contributed by atoms with Crippen molar-refractivity contribution < 1.29 is 9.53 Å². The third-order valence-electron chi connectivity index (χ3n) is 2.49. The summed E-state index contributed by atoms with van der Waals surface area (Å²) in [5, 5.41) is 0. The molecule has 0 fully saturated rings. The Morgan fingerprint density at radius 2 is 0.550 bits per heavy atom. The highest BCUT2D eigenvalue weighted by molar-refractivity contribution is 5.49. The number of carbonyl (C=O) groups is 1. The Balaban J connectivity index is 4.87. The molecule has 0 aromatic rings. The van der Waals surface area contributed by atoms with Gasteiger partial charge in [0.2, 0.25) is 6.10 Å². The molecule has 0 saturated heterocycles. The maximum Gasteiger partial charge on any atom is 0.295 e. The quantitative estimate of drug-likeness (QED) is 0.396. The first-order valence-corrected chi connectivity index (χ1v) is 9.86. The predicted octanol–water partition coefficient (Wildman–Crippen LogP) is -0.151. The second-order valence-electron chi connectivity index (χ2n) is 4.94. The third kappa shape index (κ3) is 25.8. The van der Waals surface area contributed by atoms with Gasteiger partial charge in [0.1, 0.15) is 0 Å². The molecule has 0 saturated carbocycles. The number of hydrogen-bond acceptors (Lipinski definition) is 2. The van der Waals surface area contributed by atoms with Gasteiger partial charge in [-0.25, -0.2) is 0 Å². The average molecular weight is 492 g/mol. The van der Waals surface area contributed by atoms with Crippen LogP contribution >= 0.6 is 0 Å². The van der Waals surface area contributed by atoms with E-state index in [0.717, 1.165) is 0 Å². The van der Waals surface area contributed by atoms with E-state index in [4.69, 9.17) is 17.6 Å². The molecule has 0 aliphatic heterocycles. The number of terminal acetylenes is 2. The lowest BCUT2D eigenvalue weighted by molar-refractivity contribution is -0.129. The monoisotopic (exact) mass is 492 g/mol. The molecule has 0 spiro atoms. The van der Waals surface area contributed by atoms with Crippen LogP contribution < -0.4 is 0 Å². The zero-order valence-electron chi connectivity index (χ0n) is 20.1. The van der Waals surface area contributed by atoms with Gasteiger partial charge in [0.05, 0.1) is 0 Å². The minimum absolute atomic E-state index is 0.205. The largest absolute Gasteiger partial charge is 0.439 e. The molecule has 0 aromatic heterocycles. The topological polar surface area (TPSA) is 26.3 Å². The fraction of sp³-hybridized carbons (Fsp3) is 0.0263. The van der Waals surface area contributed by atoms with E-state index in [2.05, 4.69) is 201 Å². The molecule has 0 aliphatic carbocycles. The van der Waals surface area contributed by atoms with Crippen molar-refractivity contribution in [2.24, 2.45) is 0 Å². The number of rotatable bonds is 2. The Labute approximate surface area is 236 Å². The summed E-state index contributed by atoms with van der Waals surface area (Å²) < 4.78 is 4.71. The van der Waals surface area contributed by atoms with Crippen LogP contribution in [-0.2, 0) is 9.53 Å². The van der Waals surface area contributed by atoms with Gasteiger partial charge in [-0.2, -0.15) is 0 Å². The summed E-state index contributed by atoms with van der Waals surface area (Å²) in [4.78, 5) is 10.6. The highest BCUT2D eigenvalue weighted by atomic mass is 16.5. The first-order valence-electron chi connectivity index (χ1n) is 9.86. The lowest BCUT2D eigenvalue weighted by Crippen LogP contribution is -2.05. The highest BCUT2D eigenvalue weighted by Gasteiger charge is 1.96. The zero-order valence-corrected chi connectivity index (χ0v) is 20.1. The van der Waals surface area contributed by atoms with Gasteiger partial charge in [-0.1, -0.05) is 0 Å². The van der Waals surface area contributed by atoms with Gasteiger partial charge in [-0.3, -0.25) is 4.79 Å². The summed E-state index contributed by atoms with van der Waals surface area (Å²) in [6, 6.07) is 0. The van der Waals surface area contributed by atoms with Gasteiger partial charge in [-0.05, 0) is 201 Å². The van der Waals surface area contributed by atoms with E-state index in [1.807, 2.05) is 0 Å². The molecule has 0 N–H and O–H groups in total. The minimum Gasteiger partial charge on any atom is -0.439 e. The second-order valence-corrected chi connectivity index (χ2v) is 4.94. The molecule has 2 heteroatoms. The van der Waals surface area contributed by atoms with Crippen LogP contribution in [0.25, 0.3) is 0 Å². The normalized spacial score (nSPS) is 4.58. The molecule has 0 rings (SSSR count). The van der Waals surface area contributed by atoms with Gasteiger partial charge < -0.3 is 4.74 Å². The van der Waals surface area contributed by atoms with Crippen molar-refractivity contribution in [3.63, 3.8) is 0 Å². The van der Waals surface area contributed by atoms with Crippen LogP contribution in [0, 0.1) is 214 Å². The smallest absolute Gasteiger partial charge is 0.295 e. The summed E-state index contributed by atoms with van der Waals surface area (Å²) in [5.74, 6) is 82.5. The summed E-state index contributed by atoms with van der Waals surface area (Å²) >= 11 is 0. The van der Waals surface area contributed by atoms with E-state index in [0.29, 0.717) is 0 Å². The molecule has 2 nitrogen and oxygen atoms in total. The lowest BCUT2D eigenvalue weighted by atomic mass is 10.3. The standard InChI is InChI=1S/C38H4O2/c1-3-5-7-9-11-13-15-17-19-21-23-25-27-29-31-33-35-38(40-37-39)36-34-32-30-28-26-24-22-20-18-16-14-12-10-8-6-4-2/h1-2,37-38H. The molecule has 40 heavy (non-hydrogen) atoms. The van der Waals surface area contributed by atoms with Crippen LogP contribution in [-0.4, -0.2) is 12.6 Å². The van der Waals surface area contributed by atoms with Crippen LogP contribution in [0.3, 0.4) is 0 Å². The van der Waals surface area contributed by atoms with Crippen LogP contribution in [0.5, 0.6) is 0 Å². The third-order valence-corrected chi connectivity index (χ3v) is 2.49. The summed E-state index contributed by atoms with van der Waals surface area (Å²) in [6.45, 7) is 0.205. The van der Waals surface area contributed by atoms with Crippen molar-refractivity contribution in [3.8, 4) is 214 Å². The minimum atomic E-state index is -1.03. The maximum atomic E-state index is 10.6. The van der Waals surface area contributed by atoms with Crippen LogP contribution in [0.4, 0.5) is 0 Å². The van der Waals surface area contributed by atoms with E-state index < -0.39 is 6.10 Å². The summed E-state index contributed by atoms with van der Waals surface area (Å²) in [5.41, 5.74) is 0. The fourth-order valence-electron chi connectivity index (χ4n) is 1.25. The van der Waals surface area contributed by atoms with Crippen molar-refractivity contribution in [3.05, 3.63) is 0 Å². The van der Waals surface area contributed by atoms with Crippen LogP contribution in [0.1, 0.15) is 0 Å². The molecule has 0 amide bonds. The van der Waals surface area contributed by atoms with Crippen molar-refractivity contribution in [2.45, 2.75) is 6.10 Å². The average Bonchev–Trinajstić information content (AvgIpc) is 2.96. The number of ether oxygens (including phenoxy) is 1. The number of hydrogen-bond donors (Lipinski definition) is 0. The second kappa shape index (κ2) is 28.6. The summed E-state index contributed by atoms with van der Waals surface area (Å²) in [7, 11) is 0. The molecular weight excluding hydrogens is 488 g/mol. The molecule has 0 atom stereocenters. The molecule has 0 aromatic carbocycles. The van der Waals surface area contributed by atoms with Crippen molar-refractivity contribution in [1.29, 1.82) is 0 Å². The first-order chi connectivity index (χ1) is 19.8. The van der Waals surface area contributed by atoms with Crippen LogP contribution in [0.2, 0.25) is 0 Å². The van der Waals surface area contributed by atoms with Crippen molar-refractivity contribution in [1.82, 2.24) is 0 Å². The Kier molecular flexibility index (Phi) is 22.5. The van der Waals surface area contributed by atoms with Gasteiger partial charge in [0.15, 0.2) is 0 Å². The van der Waals surface area contributed by atoms with Gasteiger partial charge in [0, 0.05) is 0 Å². The molecule has 0 heterocycles. The fourth-order valence-corrected chi connectivity index (χ4v) is 1.25. The lowest BCUT2D eigenvalue weighted by Gasteiger charge is -1.96. The summed E-state index contributed by atoms with van der Waals surface area (Å²) in [6.07, 6.45) is 8.83. The van der Waals surface area contributed by atoms with E-state index in [1.54, 1.807) is 0 Å².